The Hall–Kier alpha value is -0.420. The van der Waals surface area contributed by atoms with Crippen molar-refractivity contribution in [2.45, 2.75) is 31.9 Å². The summed E-state index contributed by atoms with van der Waals surface area (Å²) in [5.74, 6) is 0.122. The molecule has 1 atom stereocenters. The summed E-state index contributed by atoms with van der Waals surface area (Å²) in [6, 6.07) is 0. The molecular weight excluding hydrogens is 214 g/mol. The third-order valence-electron chi connectivity index (χ3n) is 2.87. The van der Waals surface area contributed by atoms with Gasteiger partial charge in [0.05, 0.1) is 11.0 Å². The van der Waals surface area contributed by atoms with Gasteiger partial charge in [-0.15, -0.1) is 0 Å². The molecule has 0 aromatic rings. The van der Waals surface area contributed by atoms with E-state index in [1.54, 1.807) is 13.8 Å². The molecule has 1 N–H and O–H groups in total. The highest BCUT2D eigenvalue weighted by Gasteiger charge is 2.24. The number of Topliss-reactive ketones (excluding diaryl/α,β-unsaturated/α-hetero) is 1. The summed E-state index contributed by atoms with van der Waals surface area (Å²) >= 11 is 0. The van der Waals surface area contributed by atoms with Crippen LogP contribution in [0.25, 0.3) is 0 Å². The molecule has 1 rings (SSSR count). The first-order valence-electron chi connectivity index (χ1n) is 5.38. The van der Waals surface area contributed by atoms with Crippen LogP contribution < -0.4 is 5.32 Å². The number of carbonyl (C=O) groups excluding carboxylic acids is 1. The Morgan fingerprint density at radius 2 is 2.13 bits per heavy atom. The maximum Gasteiger partial charge on any atom is 0.153 e. The van der Waals surface area contributed by atoms with Gasteiger partial charge in [0.25, 0.3) is 0 Å². The molecule has 1 aliphatic heterocycles. The van der Waals surface area contributed by atoms with Crippen LogP contribution in [0.15, 0.2) is 0 Å². The second-order valence-corrected chi connectivity index (χ2v) is 7.00. The largest absolute Gasteiger partial charge is 0.316 e. The molecule has 15 heavy (non-hydrogen) atoms. The fraction of sp³-hybridized carbons (Fsp3) is 0.900. The van der Waals surface area contributed by atoms with Crippen molar-refractivity contribution >= 4 is 15.6 Å². The Kier molecular flexibility index (Phi) is 4.28. The molecular formula is C10H19NO3S. The Labute approximate surface area is 91.4 Å². The summed E-state index contributed by atoms with van der Waals surface area (Å²) in [5.41, 5.74) is 0. The fourth-order valence-electron chi connectivity index (χ4n) is 1.61. The monoisotopic (exact) mass is 233 g/mol. The van der Waals surface area contributed by atoms with Crippen molar-refractivity contribution in [1.29, 1.82) is 0 Å². The molecule has 1 fully saturated rings. The quantitative estimate of drug-likeness (QED) is 0.745. The molecule has 0 spiro atoms. The summed E-state index contributed by atoms with van der Waals surface area (Å²) in [6.07, 6.45) is 1.02. The number of carbonyl (C=O) groups is 1. The van der Waals surface area contributed by atoms with Gasteiger partial charge in [-0.3, -0.25) is 4.79 Å². The fourth-order valence-corrected chi connectivity index (χ4v) is 2.57. The molecule has 0 amide bonds. The molecule has 0 aromatic carbocycles. The number of hydrogen-bond acceptors (Lipinski definition) is 4. The van der Waals surface area contributed by atoms with Crippen molar-refractivity contribution in [3.8, 4) is 0 Å². The molecule has 0 radical (unpaired) electrons. The molecule has 1 aliphatic rings. The second kappa shape index (κ2) is 5.07. The smallest absolute Gasteiger partial charge is 0.153 e. The van der Waals surface area contributed by atoms with E-state index in [4.69, 9.17) is 0 Å². The summed E-state index contributed by atoms with van der Waals surface area (Å²) in [7, 11) is -3.06. The molecule has 1 heterocycles. The second-order valence-electron chi connectivity index (χ2n) is 4.32. The molecule has 0 aliphatic carbocycles. The first kappa shape index (κ1) is 12.6. The highest BCUT2D eigenvalue weighted by atomic mass is 32.2. The number of nitrogens with one attached hydrogen (secondary N) is 1. The zero-order valence-electron chi connectivity index (χ0n) is 9.32. The van der Waals surface area contributed by atoms with Gasteiger partial charge in [0.15, 0.2) is 9.84 Å². The molecule has 0 aromatic heterocycles. The number of hydrogen-bond donors (Lipinski definition) is 1. The summed E-state index contributed by atoms with van der Waals surface area (Å²) in [4.78, 5) is 11.6. The van der Waals surface area contributed by atoms with Gasteiger partial charge in [0, 0.05) is 18.9 Å². The van der Waals surface area contributed by atoms with E-state index in [9.17, 15) is 13.2 Å². The van der Waals surface area contributed by atoms with Crippen LogP contribution >= 0.6 is 0 Å². The van der Waals surface area contributed by atoms with Gasteiger partial charge >= 0.3 is 0 Å². The average Bonchev–Trinajstić information content (AvgIpc) is 2.66. The minimum Gasteiger partial charge on any atom is -0.316 e. The van der Waals surface area contributed by atoms with Gasteiger partial charge in [-0.25, -0.2) is 8.42 Å². The standard InChI is InChI=1S/C10H19NO3S/c1-8(2)15(13,14)6-4-10(12)9-3-5-11-7-9/h8-9,11H,3-7H2,1-2H3. The van der Waals surface area contributed by atoms with E-state index in [0.29, 0.717) is 6.54 Å². The van der Waals surface area contributed by atoms with Gasteiger partial charge in [-0.2, -0.15) is 0 Å². The third-order valence-corrected chi connectivity index (χ3v) is 5.08. The van der Waals surface area contributed by atoms with Crippen molar-refractivity contribution in [2.24, 2.45) is 5.92 Å². The lowest BCUT2D eigenvalue weighted by Gasteiger charge is -2.09. The van der Waals surface area contributed by atoms with E-state index in [1.807, 2.05) is 0 Å². The van der Waals surface area contributed by atoms with Gasteiger partial charge < -0.3 is 5.32 Å². The maximum atomic E-state index is 11.6. The maximum absolute atomic E-state index is 11.6. The predicted octanol–water partition coefficient (Wildman–Crippen LogP) is 0.378. The van der Waals surface area contributed by atoms with Gasteiger partial charge in [0.1, 0.15) is 5.78 Å². The normalized spacial score (nSPS) is 22.2. The zero-order chi connectivity index (χ0) is 11.5. The lowest BCUT2D eigenvalue weighted by atomic mass is 10.0. The molecule has 1 saturated heterocycles. The van der Waals surface area contributed by atoms with Crippen LogP contribution in [-0.2, 0) is 14.6 Å². The Bertz CT molecular complexity index is 316. The van der Waals surface area contributed by atoms with Crippen LogP contribution in [0.5, 0.6) is 0 Å². The zero-order valence-corrected chi connectivity index (χ0v) is 10.1. The first-order valence-corrected chi connectivity index (χ1v) is 7.10. The highest BCUT2D eigenvalue weighted by molar-refractivity contribution is 7.91. The number of sulfone groups is 1. The van der Waals surface area contributed by atoms with Gasteiger partial charge in [0.2, 0.25) is 0 Å². The molecule has 0 saturated carbocycles. The topological polar surface area (TPSA) is 63.2 Å². The highest BCUT2D eigenvalue weighted by Crippen LogP contribution is 2.12. The minimum absolute atomic E-state index is 0. The first-order chi connectivity index (χ1) is 6.93. The van der Waals surface area contributed by atoms with Crippen LogP contribution in [0, 0.1) is 5.92 Å². The molecule has 5 heteroatoms. The van der Waals surface area contributed by atoms with Gasteiger partial charge in [-0.1, -0.05) is 0 Å². The Balaban J connectivity index is 2.40. The van der Waals surface area contributed by atoms with Crippen molar-refractivity contribution in [3.63, 3.8) is 0 Å². The summed E-state index contributed by atoms with van der Waals surface area (Å²) in [5, 5.41) is 2.72. The Morgan fingerprint density at radius 3 is 2.60 bits per heavy atom. The van der Waals surface area contributed by atoms with Crippen LogP contribution in [0.1, 0.15) is 26.7 Å². The van der Waals surface area contributed by atoms with Crippen LogP contribution in [0.2, 0.25) is 0 Å². The lowest BCUT2D eigenvalue weighted by molar-refractivity contribution is -0.121. The van der Waals surface area contributed by atoms with E-state index >= 15 is 0 Å². The van der Waals surface area contributed by atoms with Crippen LogP contribution in [-0.4, -0.2) is 38.3 Å². The van der Waals surface area contributed by atoms with Crippen molar-refractivity contribution < 1.29 is 13.2 Å². The van der Waals surface area contributed by atoms with Crippen molar-refractivity contribution in [1.82, 2.24) is 5.32 Å². The summed E-state index contributed by atoms with van der Waals surface area (Å²) < 4.78 is 23.0. The molecule has 4 nitrogen and oxygen atoms in total. The molecule has 88 valence electrons. The molecule has 0 bridgehead atoms. The average molecular weight is 233 g/mol. The number of ketones is 1. The van der Waals surface area contributed by atoms with Crippen molar-refractivity contribution in [3.05, 3.63) is 0 Å². The molecule has 1 unspecified atom stereocenters. The van der Waals surface area contributed by atoms with E-state index in [2.05, 4.69) is 5.32 Å². The minimum atomic E-state index is -3.06. The van der Waals surface area contributed by atoms with Crippen LogP contribution in [0.3, 0.4) is 0 Å². The Morgan fingerprint density at radius 1 is 1.47 bits per heavy atom. The van der Waals surface area contributed by atoms with Gasteiger partial charge in [-0.05, 0) is 26.8 Å². The van der Waals surface area contributed by atoms with E-state index in [1.165, 1.54) is 0 Å². The predicted molar refractivity (Wildman–Crippen MR) is 59.5 cm³/mol. The van der Waals surface area contributed by atoms with Crippen molar-refractivity contribution in [2.75, 3.05) is 18.8 Å². The van der Waals surface area contributed by atoms with E-state index in [-0.39, 0.29) is 29.1 Å². The van der Waals surface area contributed by atoms with E-state index in [0.717, 1.165) is 13.0 Å². The van der Waals surface area contributed by atoms with E-state index < -0.39 is 9.84 Å². The van der Waals surface area contributed by atoms with Crippen LogP contribution in [0.4, 0.5) is 0 Å². The number of rotatable bonds is 5. The SMILES string of the molecule is CC(C)S(=O)(=O)CCC(=O)C1CCNC1. The third kappa shape index (κ3) is 3.57. The lowest BCUT2D eigenvalue weighted by Crippen LogP contribution is -2.24. The summed E-state index contributed by atoms with van der Waals surface area (Å²) in [6.45, 7) is 4.88.